The lowest BCUT2D eigenvalue weighted by atomic mass is 10.0. The molecule has 1 aliphatic heterocycles. The topological polar surface area (TPSA) is 51.7 Å². The summed E-state index contributed by atoms with van der Waals surface area (Å²) in [4.78, 5) is 19.7. The average molecular weight is 362 g/mol. The number of nitrogens with zero attached hydrogens (tertiary/aromatic N) is 2. The molecule has 1 aromatic heterocycles. The molecule has 1 atom stereocenters. The highest BCUT2D eigenvalue weighted by Crippen LogP contribution is 2.40. The average Bonchev–Trinajstić information content (AvgIpc) is 3.22. The van der Waals surface area contributed by atoms with E-state index in [0.717, 1.165) is 47.4 Å². The summed E-state index contributed by atoms with van der Waals surface area (Å²) in [6, 6.07) is 15.3. The third-order valence-electron chi connectivity index (χ3n) is 5.19. The molecular formula is C22H22N2O3. The van der Waals surface area contributed by atoms with Gasteiger partial charge in [0.05, 0.1) is 31.3 Å². The van der Waals surface area contributed by atoms with Crippen molar-refractivity contribution in [3.05, 3.63) is 65.9 Å². The number of hydrogen-bond acceptors (Lipinski definition) is 4. The monoisotopic (exact) mass is 362 g/mol. The van der Waals surface area contributed by atoms with Crippen molar-refractivity contribution in [2.24, 2.45) is 0 Å². The summed E-state index contributed by atoms with van der Waals surface area (Å²) in [5, 5.41) is 0.883. The van der Waals surface area contributed by atoms with E-state index in [-0.39, 0.29) is 11.9 Å². The van der Waals surface area contributed by atoms with Crippen molar-refractivity contribution in [2.45, 2.75) is 18.9 Å². The smallest absolute Gasteiger partial charge is 0.255 e. The molecule has 5 heteroatoms. The molecule has 0 bridgehead atoms. The fraction of sp³-hybridized carbons (Fsp3) is 0.273. The van der Waals surface area contributed by atoms with Crippen LogP contribution in [0.15, 0.2) is 54.7 Å². The Hall–Kier alpha value is -3.08. The number of pyridine rings is 1. The molecule has 1 saturated heterocycles. The van der Waals surface area contributed by atoms with Gasteiger partial charge in [-0.1, -0.05) is 18.2 Å². The van der Waals surface area contributed by atoms with Crippen LogP contribution in [0.5, 0.6) is 11.5 Å². The molecule has 1 fully saturated rings. The summed E-state index contributed by atoms with van der Waals surface area (Å²) in [7, 11) is 3.30. The molecule has 1 aliphatic rings. The minimum Gasteiger partial charge on any atom is -0.497 e. The number of carbonyl (C=O) groups is 1. The third-order valence-corrected chi connectivity index (χ3v) is 5.19. The molecule has 4 rings (SSSR count). The maximum atomic E-state index is 13.4. The Balaban J connectivity index is 1.74. The number of rotatable bonds is 4. The van der Waals surface area contributed by atoms with Crippen LogP contribution in [0.3, 0.4) is 0 Å². The first-order valence-corrected chi connectivity index (χ1v) is 9.09. The van der Waals surface area contributed by atoms with Gasteiger partial charge in [0.15, 0.2) is 0 Å². The summed E-state index contributed by atoms with van der Waals surface area (Å²) in [5.41, 5.74) is 2.51. The predicted molar refractivity (Wildman–Crippen MR) is 104 cm³/mol. The third kappa shape index (κ3) is 3.10. The Bertz CT molecular complexity index is 981. The van der Waals surface area contributed by atoms with Crippen molar-refractivity contribution in [3.8, 4) is 11.5 Å². The highest BCUT2D eigenvalue weighted by molar-refractivity contribution is 6.06. The number of carbonyl (C=O) groups excluding carboxylic acids is 1. The zero-order valence-corrected chi connectivity index (χ0v) is 15.5. The van der Waals surface area contributed by atoms with E-state index in [4.69, 9.17) is 9.47 Å². The minimum atomic E-state index is -0.0329. The number of fused-ring (bicyclic) bond motifs is 1. The van der Waals surface area contributed by atoms with E-state index in [0.29, 0.717) is 5.56 Å². The summed E-state index contributed by atoms with van der Waals surface area (Å²) in [5.74, 6) is 1.57. The molecule has 2 aromatic carbocycles. The number of aromatic nitrogens is 1. The van der Waals surface area contributed by atoms with Crippen molar-refractivity contribution < 1.29 is 14.3 Å². The second-order valence-electron chi connectivity index (χ2n) is 6.64. The number of methoxy groups -OCH3 is 2. The van der Waals surface area contributed by atoms with Gasteiger partial charge in [0.1, 0.15) is 11.5 Å². The highest BCUT2D eigenvalue weighted by Gasteiger charge is 2.33. The van der Waals surface area contributed by atoms with E-state index in [1.54, 1.807) is 20.4 Å². The van der Waals surface area contributed by atoms with Crippen molar-refractivity contribution >= 4 is 16.8 Å². The van der Waals surface area contributed by atoms with E-state index >= 15 is 0 Å². The molecule has 0 N–H and O–H groups in total. The van der Waals surface area contributed by atoms with Gasteiger partial charge in [-0.05, 0) is 43.2 Å². The van der Waals surface area contributed by atoms with E-state index in [1.807, 2.05) is 53.4 Å². The van der Waals surface area contributed by atoms with Crippen LogP contribution in [-0.4, -0.2) is 36.6 Å². The molecule has 0 radical (unpaired) electrons. The Morgan fingerprint density at radius 3 is 2.78 bits per heavy atom. The molecule has 0 saturated carbocycles. The Morgan fingerprint density at radius 2 is 1.96 bits per heavy atom. The van der Waals surface area contributed by atoms with E-state index in [9.17, 15) is 4.79 Å². The molecule has 138 valence electrons. The van der Waals surface area contributed by atoms with Crippen LogP contribution in [-0.2, 0) is 0 Å². The zero-order chi connectivity index (χ0) is 18.8. The van der Waals surface area contributed by atoms with Gasteiger partial charge in [-0.3, -0.25) is 9.78 Å². The molecular weight excluding hydrogens is 340 g/mol. The van der Waals surface area contributed by atoms with Crippen LogP contribution in [0, 0.1) is 0 Å². The summed E-state index contributed by atoms with van der Waals surface area (Å²) >= 11 is 0. The molecule has 3 aromatic rings. The summed E-state index contributed by atoms with van der Waals surface area (Å²) < 4.78 is 10.9. The maximum absolute atomic E-state index is 13.4. The number of para-hydroxylation sites is 1. The van der Waals surface area contributed by atoms with E-state index < -0.39 is 0 Å². The number of hydrogen-bond donors (Lipinski definition) is 0. The Labute approximate surface area is 158 Å². The minimum absolute atomic E-state index is 0.0287. The van der Waals surface area contributed by atoms with Gasteiger partial charge in [-0.2, -0.15) is 0 Å². The van der Waals surface area contributed by atoms with Crippen LogP contribution in [0.1, 0.15) is 34.8 Å². The first-order chi connectivity index (χ1) is 13.2. The number of amides is 1. The van der Waals surface area contributed by atoms with Gasteiger partial charge in [-0.15, -0.1) is 0 Å². The first kappa shape index (κ1) is 17.3. The van der Waals surface area contributed by atoms with Crippen LogP contribution in [0.25, 0.3) is 10.9 Å². The Morgan fingerprint density at radius 1 is 1.11 bits per heavy atom. The summed E-state index contributed by atoms with van der Waals surface area (Å²) in [6.07, 6.45) is 3.56. The quantitative estimate of drug-likeness (QED) is 0.697. The van der Waals surface area contributed by atoms with Crippen LogP contribution in [0.2, 0.25) is 0 Å². The van der Waals surface area contributed by atoms with Crippen molar-refractivity contribution in [2.75, 3.05) is 20.8 Å². The van der Waals surface area contributed by atoms with Crippen molar-refractivity contribution in [3.63, 3.8) is 0 Å². The van der Waals surface area contributed by atoms with Crippen molar-refractivity contribution in [1.82, 2.24) is 9.88 Å². The Kier molecular flexibility index (Phi) is 4.67. The van der Waals surface area contributed by atoms with Gasteiger partial charge in [0.2, 0.25) is 0 Å². The first-order valence-electron chi connectivity index (χ1n) is 9.09. The number of benzene rings is 2. The molecule has 5 nitrogen and oxygen atoms in total. The molecule has 0 aliphatic carbocycles. The van der Waals surface area contributed by atoms with Crippen LogP contribution >= 0.6 is 0 Å². The fourth-order valence-electron chi connectivity index (χ4n) is 3.87. The maximum Gasteiger partial charge on any atom is 0.255 e. The van der Waals surface area contributed by atoms with Gasteiger partial charge in [-0.25, -0.2) is 0 Å². The zero-order valence-electron chi connectivity index (χ0n) is 15.5. The van der Waals surface area contributed by atoms with Gasteiger partial charge in [0.25, 0.3) is 5.91 Å². The van der Waals surface area contributed by atoms with Gasteiger partial charge in [0, 0.05) is 23.7 Å². The SMILES string of the molecule is COc1ccc(OC)c(C2CCCN2C(=O)c2ccnc3ccccc23)c1. The molecule has 2 heterocycles. The lowest BCUT2D eigenvalue weighted by Gasteiger charge is -2.27. The molecule has 0 spiro atoms. The lowest BCUT2D eigenvalue weighted by molar-refractivity contribution is 0.0736. The number of ether oxygens (including phenoxy) is 2. The van der Waals surface area contributed by atoms with E-state index in [1.165, 1.54) is 0 Å². The predicted octanol–water partition coefficient (Wildman–Crippen LogP) is 4.23. The van der Waals surface area contributed by atoms with Gasteiger partial charge >= 0.3 is 0 Å². The van der Waals surface area contributed by atoms with Crippen molar-refractivity contribution in [1.29, 1.82) is 0 Å². The summed E-state index contributed by atoms with van der Waals surface area (Å²) in [6.45, 7) is 0.723. The normalized spacial score (nSPS) is 16.5. The number of likely N-dealkylation sites (tertiary alicyclic amines) is 1. The molecule has 1 amide bonds. The van der Waals surface area contributed by atoms with E-state index in [2.05, 4.69) is 4.98 Å². The van der Waals surface area contributed by atoms with Gasteiger partial charge < -0.3 is 14.4 Å². The lowest BCUT2D eigenvalue weighted by Crippen LogP contribution is -2.31. The largest absolute Gasteiger partial charge is 0.497 e. The molecule has 27 heavy (non-hydrogen) atoms. The van der Waals surface area contributed by atoms with Crippen LogP contribution < -0.4 is 9.47 Å². The second kappa shape index (κ2) is 7.27. The highest BCUT2D eigenvalue weighted by atomic mass is 16.5. The van der Waals surface area contributed by atoms with Crippen LogP contribution in [0.4, 0.5) is 0 Å². The standard InChI is InChI=1S/C22H22N2O3/c1-26-15-9-10-21(27-2)18(14-15)20-8-5-13-24(20)22(25)17-11-12-23-19-7-4-3-6-16(17)19/h3-4,6-7,9-12,14,20H,5,8,13H2,1-2H3. The second-order valence-corrected chi connectivity index (χ2v) is 6.64. The molecule has 1 unspecified atom stereocenters. The fourth-order valence-corrected chi connectivity index (χ4v) is 3.87.